The number of halogens is 5. The molecule has 6 rings (SSSR count). The summed E-state index contributed by atoms with van der Waals surface area (Å²) in [5, 5.41) is 21.8. The fourth-order valence-corrected chi connectivity index (χ4v) is 5.25. The number of hydrogen-bond acceptors (Lipinski definition) is 8. The topological polar surface area (TPSA) is 142 Å². The van der Waals surface area contributed by atoms with E-state index in [1.807, 2.05) is 30.3 Å². The molecule has 0 bridgehead atoms. The van der Waals surface area contributed by atoms with E-state index < -0.39 is 35.9 Å². The summed E-state index contributed by atoms with van der Waals surface area (Å²) in [6.45, 7) is 1.29. The van der Waals surface area contributed by atoms with Gasteiger partial charge in [-0.2, -0.15) is 13.2 Å². The van der Waals surface area contributed by atoms with E-state index in [0.29, 0.717) is 43.6 Å². The molecule has 0 radical (unpaired) electrons. The van der Waals surface area contributed by atoms with Crippen molar-refractivity contribution in [1.82, 2.24) is 20.3 Å². The van der Waals surface area contributed by atoms with Gasteiger partial charge in [0.25, 0.3) is 0 Å². The Labute approximate surface area is 322 Å². The molecule has 0 fully saturated rings. The third kappa shape index (κ3) is 11.2. The molecule has 1 aromatic heterocycles. The second-order valence-electron chi connectivity index (χ2n) is 11.6. The first kappa shape index (κ1) is 40.1. The Morgan fingerprint density at radius 3 is 2.00 bits per heavy atom. The molecule has 5 aromatic carbocycles. The van der Waals surface area contributed by atoms with Gasteiger partial charge < -0.3 is 24.6 Å². The van der Waals surface area contributed by atoms with Gasteiger partial charge >= 0.3 is 18.1 Å². The second-order valence-corrected chi connectivity index (χ2v) is 12.4. The number of nitrogens with zero attached hydrogens (tertiary/aromatic N) is 3. The zero-order chi connectivity index (χ0) is 39.5. The molecule has 0 saturated carbocycles. The molecule has 2 atom stereocenters. The number of hydrogen-bond donors (Lipinski definition) is 2. The van der Waals surface area contributed by atoms with Gasteiger partial charge in [-0.1, -0.05) is 83.9 Å². The highest BCUT2D eigenvalue weighted by atomic mass is 35.5. The maximum absolute atomic E-state index is 12.9. The molecule has 55 heavy (non-hydrogen) atoms. The van der Waals surface area contributed by atoms with Gasteiger partial charge in [-0.15, -0.1) is 15.0 Å². The molecule has 2 N–H and O–H groups in total. The molecule has 1 heterocycles. The molecule has 1 amide bonds. The van der Waals surface area contributed by atoms with Crippen molar-refractivity contribution >= 4 is 52.1 Å². The van der Waals surface area contributed by atoms with Crippen LogP contribution in [0.4, 0.5) is 13.2 Å². The Morgan fingerprint density at radius 2 is 1.38 bits per heavy atom. The average Bonchev–Trinajstić information content (AvgIpc) is 3.60. The molecule has 0 spiro atoms. The lowest BCUT2D eigenvalue weighted by atomic mass is 10.1. The van der Waals surface area contributed by atoms with Crippen molar-refractivity contribution in [2.24, 2.45) is 0 Å². The molecule has 284 valence electrons. The number of carbonyl (C=O) groups is 3. The standard InChI is InChI=1S/C20H14ClN3O3.C19H17ClF3NO4/c21-14-10-11-18(27-19(20(25)26)13-6-2-1-3-7-13)17(12-14)24-22-15-8-4-5-9-16(15)23-24;1-12(25)24-9-10-27-18(26)17(13-5-7-15(20)8-6-13)28-16-4-2-3-14(11-16)19(21,22)23/h1-12,19H,(H,25,26);2-8,11,17H,9-10H2,1H3,(H,24,25). The normalized spacial score (nSPS) is 12.1. The van der Waals surface area contributed by atoms with Gasteiger partial charge in [-0.3, -0.25) is 4.79 Å². The van der Waals surface area contributed by atoms with Gasteiger partial charge in [0.1, 0.15) is 34.8 Å². The minimum Gasteiger partial charge on any atom is -0.478 e. The van der Waals surface area contributed by atoms with E-state index in [0.717, 1.165) is 12.1 Å². The SMILES string of the molecule is CC(=O)NCCOC(=O)C(Oc1cccc(C(F)(F)F)c1)c1ccc(Cl)cc1.O=C(O)C(Oc1ccc(Cl)cc1-n1nc2ccccc2n1)c1ccccc1. The predicted molar refractivity (Wildman–Crippen MR) is 197 cm³/mol. The molecule has 2 unspecified atom stereocenters. The molecule has 0 aliphatic carbocycles. The smallest absolute Gasteiger partial charge is 0.416 e. The number of nitrogens with one attached hydrogen (secondary N) is 1. The summed E-state index contributed by atoms with van der Waals surface area (Å²) in [6.07, 6.45) is -7.03. The van der Waals surface area contributed by atoms with E-state index in [1.165, 1.54) is 48.1 Å². The Morgan fingerprint density at radius 1 is 0.764 bits per heavy atom. The summed E-state index contributed by atoms with van der Waals surface area (Å²) in [6, 6.07) is 31.3. The third-order valence-corrected chi connectivity index (χ3v) is 8.00. The lowest BCUT2D eigenvalue weighted by Crippen LogP contribution is -2.28. The summed E-state index contributed by atoms with van der Waals surface area (Å²) in [7, 11) is 0. The molecule has 0 saturated heterocycles. The van der Waals surface area contributed by atoms with Crippen LogP contribution in [0.2, 0.25) is 10.0 Å². The third-order valence-electron chi connectivity index (χ3n) is 7.52. The number of fused-ring (bicyclic) bond motifs is 1. The Hall–Kier alpha value is -6.12. The van der Waals surface area contributed by atoms with Crippen molar-refractivity contribution < 1.29 is 46.9 Å². The summed E-state index contributed by atoms with van der Waals surface area (Å²) in [5.41, 5.74) is 1.86. The number of carboxylic acid groups (broad SMARTS) is 1. The number of carbonyl (C=O) groups excluding carboxylic acids is 2. The number of aliphatic carboxylic acids is 1. The van der Waals surface area contributed by atoms with Crippen LogP contribution in [0.1, 0.15) is 35.8 Å². The number of amides is 1. The first-order valence-corrected chi connectivity index (χ1v) is 17.1. The van der Waals surface area contributed by atoms with Gasteiger partial charge in [0.2, 0.25) is 18.1 Å². The number of aromatic nitrogens is 3. The molecular weight excluding hydrogens is 764 g/mol. The number of rotatable bonds is 12. The molecule has 11 nitrogen and oxygen atoms in total. The van der Waals surface area contributed by atoms with Gasteiger partial charge in [0, 0.05) is 28.1 Å². The highest BCUT2D eigenvalue weighted by Gasteiger charge is 2.32. The number of carboxylic acids is 1. The number of ether oxygens (including phenoxy) is 3. The summed E-state index contributed by atoms with van der Waals surface area (Å²) < 4.78 is 55.1. The van der Waals surface area contributed by atoms with Crippen LogP contribution >= 0.6 is 23.2 Å². The van der Waals surface area contributed by atoms with Crippen LogP contribution in [-0.2, 0) is 25.3 Å². The van der Waals surface area contributed by atoms with E-state index in [1.54, 1.807) is 42.5 Å². The highest BCUT2D eigenvalue weighted by Crippen LogP contribution is 2.34. The van der Waals surface area contributed by atoms with Crippen LogP contribution in [0.25, 0.3) is 16.7 Å². The summed E-state index contributed by atoms with van der Waals surface area (Å²) in [4.78, 5) is 36.5. The largest absolute Gasteiger partial charge is 0.478 e. The monoisotopic (exact) mass is 794 g/mol. The van der Waals surface area contributed by atoms with E-state index in [2.05, 4.69) is 15.5 Å². The van der Waals surface area contributed by atoms with E-state index in [-0.39, 0.29) is 24.8 Å². The van der Waals surface area contributed by atoms with Crippen LogP contribution in [0.15, 0.2) is 121 Å². The molecule has 16 heteroatoms. The fraction of sp³-hybridized carbons (Fsp3) is 0.154. The Kier molecular flexibility index (Phi) is 13.3. The zero-order valence-corrected chi connectivity index (χ0v) is 30.3. The van der Waals surface area contributed by atoms with Crippen molar-refractivity contribution in [3.63, 3.8) is 0 Å². The molecule has 6 aromatic rings. The van der Waals surface area contributed by atoms with E-state index in [4.69, 9.17) is 37.4 Å². The average molecular weight is 796 g/mol. The predicted octanol–water partition coefficient (Wildman–Crippen LogP) is 8.44. The van der Waals surface area contributed by atoms with Crippen molar-refractivity contribution in [2.45, 2.75) is 25.3 Å². The van der Waals surface area contributed by atoms with Crippen molar-refractivity contribution in [3.05, 3.63) is 148 Å². The fourth-order valence-electron chi connectivity index (χ4n) is 4.96. The minimum atomic E-state index is -4.55. The molecule has 0 aliphatic heterocycles. The first-order valence-electron chi connectivity index (χ1n) is 16.4. The van der Waals surface area contributed by atoms with Crippen LogP contribution in [0.3, 0.4) is 0 Å². The summed E-state index contributed by atoms with van der Waals surface area (Å²) in [5.74, 6) is -2.03. The Balaban J connectivity index is 0.000000211. The lowest BCUT2D eigenvalue weighted by Gasteiger charge is -2.19. The van der Waals surface area contributed by atoms with Crippen LogP contribution in [0.5, 0.6) is 11.5 Å². The minimum absolute atomic E-state index is 0.0952. The van der Waals surface area contributed by atoms with Crippen LogP contribution < -0.4 is 14.8 Å². The highest BCUT2D eigenvalue weighted by molar-refractivity contribution is 6.31. The van der Waals surface area contributed by atoms with Gasteiger partial charge in [0.05, 0.1) is 12.1 Å². The zero-order valence-electron chi connectivity index (χ0n) is 28.7. The van der Waals surface area contributed by atoms with Crippen LogP contribution in [-0.4, -0.2) is 51.1 Å². The van der Waals surface area contributed by atoms with Crippen molar-refractivity contribution in [3.8, 4) is 17.2 Å². The van der Waals surface area contributed by atoms with E-state index >= 15 is 0 Å². The second kappa shape index (κ2) is 18.3. The van der Waals surface area contributed by atoms with Crippen molar-refractivity contribution in [2.75, 3.05) is 13.2 Å². The van der Waals surface area contributed by atoms with E-state index in [9.17, 15) is 32.7 Å². The lowest BCUT2D eigenvalue weighted by molar-refractivity contribution is -0.152. The maximum atomic E-state index is 12.9. The number of alkyl halides is 3. The molecule has 0 aliphatic rings. The quantitative estimate of drug-likeness (QED) is 0.0922. The number of esters is 1. The van der Waals surface area contributed by atoms with Gasteiger partial charge in [0.15, 0.2) is 0 Å². The maximum Gasteiger partial charge on any atom is 0.416 e. The van der Waals surface area contributed by atoms with Gasteiger partial charge in [-0.05, 0) is 60.7 Å². The van der Waals surface area contributed by atoms with Crippen LogP contribution in [0, 0.1) is 0 Å². The summed E-state index contributed by atoms with van der Waals surface area (Å²) >= 11 is 12.0. The molecular formula is C39H31Cl2F3N4O7. The first-order chi connectivity index (χ1) is 26.3. The van der Waals surface area contributed by atoms with Crippen molar-refractivity contribution in [1.29, 1.82) is 0 Å². The number of benzene rings is 5. The van der Waals surface area contributed by atoms with Gasteiger partial charge in [-0.25, -0.2) is 9.59 Å². The Bertz CT molecular complexity index is 2220.